The van der Waals surface area contributed by atoms with E-state index in [2.05, 4.69) is 44.8 Å². The van der Waals surface area contributed by atoms with Gasteiger partial charge in [0, 0.05) is 41.2 Å². The molecule has 0 saturated heterocycles. The monoisotopic (exact) mass is 468 g/mol. The Morgan fingerprint density at radius 2 is 1.94 bits per heavy atom. The molecule has 3 heterocycles. The minimum atomic E-state index is -0.544. The van der Waals surface area contributed by atoms with Gasteiger partial charge < -0.3 is 15.2 Å². The van der Waals surface area contributed by atoms with Crippen molar-refractivity contribution in [3.05, 3.63) is 83.3 Å². The number of halogens is 1. The van der Waals surface area contributed by atoms with Gasteiger partial charge in [-0.2, -0.15) is 0 Å². The molecule has 0 radical (unpaired) electrons. The third-order valence-corrected chi connectivity index (χ3v) is 6.75. The van der Waals surface area contributed by atoms with Crippen LogP contribution in [-0.2, 0) is 0 Å². The van der Waals surface area contributed by atoms with Crippen LogP contribution in [0.15, 0.2) is 55.1 Å². The maximum atomic E-state index is 14.6. The number of aryl methyl sites for hydroxylation is 1. The average Bonchev–Trinajstić information content (AvgIpc) is 3.59. The molecule has 4 aromatic rings. The van der Waals surface area contributed by atoms with Crippen LogP contribution in [-0.4, -0.2) is 32.0 Å². The van der Waals surface area contributed by atoms with E-state index in [1.165, 1.54) is 19.0 Å². The Morgan fingerprint density at radius 3 is 2.74 bits per heavy atom. The minimum Gasteiger partial charge on any atom is -0.351 e. The molecule has 2 aliphatic rings. The fourth-order valence-electron chi connectivity index (χ4n) is 4.56. The smallest absolute Gasteiger partial charge is 0.251 e. The van der Waals surface area contributed by atoms with Crippen molar-refractivity contribution in [2.75, 3.05) is 11.9 Å². The minimum absolute atomic E-state index is 0.0847. The lowest BCUT2D eigenvalue weighted by molar-refractivity contribution is 0.0941. The molecular weight excluding hydrogens is 443 g/mol. The van der Waals surface area contributed by atoms with Crippen molar-refractivity contribution in [1.29, 1.82) is 0 Å². The van der Waals surface area contributed by atoms with Gasteiger partial charge in [-0.1, -0.05) is 6.92 Å². The highest BCUT2D eigenvalue weighted by Gasteiger charge is 2.26. The third kappa shape index (κ3) is 4.05. The van der Waals surface area contributed by atoms with Crippen molar-refractivity contribution in [3.63, 3.8) is 0 Å². The van der Waals surface area contributed by atoms with E-state index in [1.807, 2.05) is 36.0 Å². The second kappa shape index (κ2) is 8.30. The van der Waals surface area contributed by atoms with Crippen molar-refractivity contribution in [3.8, 4) is 17.1 Å². The van der Waals surface area contributed by atoms with Crippen LogP contribution in [0.25, 0.3) is 17.1 Å². The second-order valence-electron chi connectivity index (χ2n) is 9.41. The molecular formula is C27H25FN6O. The Kier molecular flexibility index (Phi) is 5.09. The SMILES string of the molecule is Cc1cc(-n2cnc(C3CC3)c2)ccc1-c1ncc(F)c(Nc2ccc3c(c2)C(C)CNC3=O)n1. The van der Waals surface area contributed by atoms with Gasteiger partial charge in [-0.3, -0.25) is 4.79 Å². The molecule has 1 saturated carbocycles. The largest absolute Gasteiger partial charge is 0.351 e. The number of fused-ring (bicyclic) bond motifs is 1. The van der Waals surface area contributed by atoms with Gasteiger partial charge in [0.1, 0.15) is 0 Å². The van der Waals surface area contributed by atoms with Crippen molar-refractivity contribution in [2.24, 2.45) is 0 Å². The third-order valence-electron chi connectivity index (χ3n) is 6.75. The zero-order valence-corrected chi connectivity index (χ0v) is 19.5. The van der Waals surface area contributed by atoms with Gasteiger partial charge in [-0.05, 0) is 73.2 Å². The van der Waals surface area contributed by atoms with E-state index in [-0.39, 0.29) is 17.6 Å². The standard InChI is InChI=1S/C27H25FN6O/c1-15-9-19(34-13-24(31-14-34)17-3-4-17)6-8-20(15)25-29-12-23(28)26(33-25)32-18-5-7-21-22(10-18)16(2)11-30-27(21)35/h5-10,12-14,16-17H,3-4,11H2,1-2H3,(H,30,35)(H,29,32,33). The zero-order valence-electron chi connectivity index (χ0n) is 19.5. The topological polar surface area (TPSA) is 84.7 Å². The highest BCUT2D eigenvalue weighted by atomic mass is 19.1. The van der Waals surface area contributed by atoms with Gasteiger partial charge in [0.05, 0.1) is 18.2 Å². The molecule has 1 aliphatic carbocycles. The summed E-state index contributed by atoms with van der Waals surface area (Å²) in [6.45, 7) is 4.62. The predicted molar refractivity (Wildman–Crippen MR) is 132 cm³/mol. The Hall–Kier alpha value is -4.07. The van der Waals surface area contributed by atoms with Gasteiger partial charge >= 0.3 is 0 Å². The summed E-state index contributed by atoms with van der Waals surface area (Å²) in [6, 6.07) is 11.4. The molecule has 176 valence electrons. The molecule has 1 fully saturated rings. The number of hydrogen-bond donors (Lipinski definition) is 2. The quantitative estimate of drug-likeness (QED) is 0.418. The molecule has 1 atom stereocenters. The van der Waals surface area contributed by atoms with Crippen LogP contribution in [0.2, 0.25) is 0 Å². The number of aromatic nitrogens is 4. The summed E-state index contributed by atoms with van der Waals surface area (Å²) in [7, 11) is 0. The van der Waals surface area contributed by atoms with Crippen LogP contribution in [0.5, 0.6) is 0 Å². The molecule has 1 aliphatic heterocycles. The van der Waals surface area contributed by atoms with E-state index in [0.29, 0.717) is 29.5 Å². The maximum Gasteiger partial charge on any atom is 0.251 e. The van der Waals surface area contributed by atoms with Crippen molar-refractivity contribution in [2.45, 2.75) is 38.5 Å². The first kappa shape index (κ1) is 21.5. The molecule has 2 N–H and O–H groups in total. The average molecular weight is 469 g/mol. The summed E-state index contributed by atoms with van der Waals surface area (Å²) in [5.74, 6) is 0.678. The molecule has 1 amide bonds. The molecule has 2 aromatic heterocycles. The van der Waals surface area contributed by atoms with Crippen LogP contribution >= 0.6 is 0 Å². The van der Waals surface area contributed by atoms with Crippen LogP contribution in [0.3, 0.4) is 0 Å². The fourth-order valence-corrected chi connectivity index (χ4v) is 4.56. The van der Waals surface area contributed by atoms with Gasteiger partial charge in [-0.25, -0.2) is 19.3 Å². The number of carbonyl (C=O) groups is 1. The molecule has 7 nitrogen and oxygen atoms in total. The Bertz CT molecular complexity index is 1460. The number of benzene rings is 2. The first-order valence-corrected chi connectivity index (χ1v) is 11.8. The number of rotatable bonds is 5. The number of nitrogens with one attached hydrogen (secondary N) is 2. The maximum absolute atomic E-state index is 14.6. The first-order chi connectivity index (χ1) is 17.0. The van der Waals surface area contributed by atoms with E-state index in [1.54, 1.807) is 12.1 Å². The molecule has 0 bridgehead atoms. The second-order valence-corrected chi connectivity index (χ2v) is 9.41. The van der Waals surface area contributed by atoms with E-state index < -0.39 is 5.82 Å². The van der Waals surface area contributed by atoms with Crippen LogP contribution in [0, 0.1) is 12.7 Å². The summed E-state index contributed by atoms with van der Waals surface area (Å²) in [4.78, 5) is 25.4. The number of imidazole rings is 1. The van der Waals surface area contributed by atoms with E-state index >= 15 is 0 Å². The van der Waals surface area contributed by atoms with Crippen LogP contribution < -0.4 is 10.6 Å². The Labute approximate surface area is 202 Å². The van der Waals surface area contributed by atoms with E-state index in [0.717, 1.165) is 28.1 Å². The zero-order chi connectivity index (χ0) is 24.1. The van der Waals surface area contributed by atoms with Gasteiger partial charge in [0.2, 0.25) is 0 Å². The Balaban J connectivity index is 1.28. The highest BCUT2D eigenvalue weighted by molar-refractivity contribution is 5.97. The molecule has 6 rings (SSSR count). The highest BCUT2D eigenvalue weighted by Crippen LogP contribution is 2.39. The van der Waals surface area contributed by atoms with Crippen molar-refractivity contribution < 1.29 is 9.18 Å². The lowest BCUT2D eigenvalue weighted by atomic mass is 9.91. The summed E-state index contributed by atoms with van der Waals surface area (Å²) in [5.41, 5.74) is 6.22. The number of nitrogens with zero attached hydrogens (tertiary/aromatic N) is 4. The molecule has 1 unspecified atom stereocenters. The van der Waals surface area contributed by atoms with Gasteiger partial charge in [-0.15, -0.1) is 0 Å². The van der Waals surface area contributed by atoms with Crippen LogP contribution in [0.4, 0.5) is 15.9 Å². The van der Waals surface area contributed by atoms with E-state index in [4.69, 9.17) is 0 Å². The van der Waals surface area contributed by atoms with Crippen molar-refractivity contribution in [1.82, 2.24) is 24.8 Å². The summed E-state index contributed by atoms with van der Waals surface area (Å²) < 4.78 is 16.7. The van der Waals surface area contributed by atoms with Gasteiger partial charge in [0.15, 0.2) is 17.5 Å². The lowest BCUT2D eigenvalue weighted by Gasteiger charge is -2.23. The van der Waals surface area contributed by atoms with Gasteiger partial charge in [0.25, 0.3) is 5.91 Å². The summed E-state index contributed by atoms with van der Waals surface area (Å²) >= 11 is 0. The van der Waals surface area contributed by atoms with Crippen molar-refractivity contribution >= 4 is 17.4 Å². The number of amides is 1. The predicted octanol–water partition coefficient (Wildman–Crippen LogP) is 5.24. The Morgan fingerprint density at radius 1 is 1.11 bits per heavy atom. The fraction of sp³-hybridized carbons (Fsp3) is 0.259. The number of hydrogen-bond acceptors (Lipinski definition) is 5. The summed E-state index contributed by atoms with van der Waals surface area (Å²) in [5, 5.41) is 5.95. The molecule has 35 heavy (non-hydrogen) atoms. The summed E-state index contributed by atoms with van der Waals surface area (Å²) in [6.07, 6.45) is 7.55. The number of anilines is 2. The first-order valence-electron chi connectivity index (χ1n) is 11.8. The van der Waals surface area contributed by atoms with Crippen LogP contribution in [0.1, 0.15) is 58.8 Å². The van der Waals surface area contributed by atoms with E-state index in [9.17, 15) is 9.18 Å². The lowest BCUT2D eigenvalue weighted by Crippen LogP contribution is -2.33. The normalized spacial score (nSPS) is 17.1. The number of carbonyl (C=O) groups excluding carboxylic acids is 1. The molecule has 0 spiro atoms. The molecule has 2 aromatic carbocycles. The molecule has 8 heteroatoms.